The second-order valence-corrected chi connectivity index (χ2v) is 4.80. The zero-order chi connectivity index (χ0) is 16.1. The van der Waals surface area contributed by atoms with E-state index in [1.54, 1.807) is 6.20 Å². The van der Waals surface area contributed by atoms with Crippen molar-refractivity contribution in [2.24, 2.45) is 0 Å². The molecule has 2 heterocycles. The first-order valence-electron chi connectivity index (χ1n) is 7.02. The van der Waals surface area contributed by atoms with E-state index in [1.807, 2.05) is 30.3 Å². The van der Waals surface area contributed by atoms with Crippen LogP contribution in [0.3, 0.4) is 0 Å². The Bertz CT molecular complexity index is 834. The maximum Gasteiger partial charge on any atom is 0.438 e. The number of carbonyl (C=O) groups excluding carboxylic acids is 1. The molecule has 2 aromatic heterocycles. The highest BCUT2D eigenvalue weighted by atomic mass is 16.5. The Hall–Kier alpha value is -3.16. The SMILES string of the molecule is O=C(CCc1ncc(-c2ccccc2)o1)NCc1noc(=O)[nH]1. The van der Waals surface area contributed by atoms with Crippen LogP contribution in [0.4, 0.5) is 0 Å². The fourth-order valence-corrected chi connectivity index (χ4v) is 1.99. The molecule has 23 heavy (non-hydrogen) atoms. The van der Waals surface area contributed by atoms with Gasteiger partial charge in [-0.25, -0.2) is 9.78 Å². The second-order valence-electron chi connectivity index (χ2n) is 4.80. The van der Waals surface area contributed by atoms with Gasteiger partial charge >= 0.3 is 5.76 Å². The van der Waals surface area contributed by atoms with Crippen LogP contribution in [0.15, 0.2) is 50.3 Å². The van der Waals surface area contributed by atoms with Gasteiger partial charge in [-0.3, -0.25) is 14.3 Å². The van der Waals surface area contributed by atoms with Crippen molar-refractivity contribution in [1.82, 2.24) is 20.4 Å². The van der Waals surface area contributed by atoms with E-state index < -0.39 is 5.76 Å². The molecule has 0 atom stereocenters. The number of benzene rings is 1. The van der Waals surface area contributed by atoms with Crippen molar-refractivity contribution in [2.75, 3.05) is 0 Å². The molecular formula is C15H14N4O4. The van der Waals surface area contributed by atoms with Crippen LogP contribution < -0.4 is 11.1 Å². The molecule has 0 aliphatic rings. The first-order chi connectivity index (χ1) is 11.2. The third-order valence-electron chi connectivity index (χ3n) is 3.12. The summed E-state index contributed by atoms with van der Waals surface area (Å²) < 4.78 is 9.95. The van der Waals surface area contributed by atoms with Crippen LogP contribution in [0.25, 0.3) is 11.3 Å². The number of carbonyl (C=O) groups is 1. The lowest BCUT2D eigenvalue weighted by atomic mass is 10.2. The lowest BCUT2D eigenvalue weighted by Crippen LogP contribution is -2.23. The Labute approximate surface area is 130 Å². The molecule has 118 valence electrons. The monoisotopic (exact) mass is 314 g/mol. The number of aryl methyl sites for hydroxylation is 1. The Morgan fingerprint density at radius 2 is 2.09 bits per heavy atom. The van der Waals surface area contributed by atoms with Crippen LogP contribution in [0.5, 0.6) is 0 Å². The molecule has 0 radical (unpaired) electrons. The van der Waals surface area contributed by atoms with Crippen LogP contribution in [0.1, 0.15) is 18.1 Å². The Morgan fingerprint density at radius 3 is 2.83 bits per heavy atom. The number of hydrogen-bond donors (Lipinski definition) is 2. The van der Waals surface area contributed by atoms with E-state index in [2.05, 4.69) is 25.0 Å². The van der Waals surface area contributed by atoms with Gasteiger partial charge in [0.2, 0.25) is 5.91 Å². The smallest absolute Gasteiger partial charge is 0.438 e. The van der Waals surface area contributed by atoms with Gasteiger partial charge in [-0.2, -0.15) is 0 Å². The normalized spacial score (nSPS) is 10.6. The zero-order valence-electron chi connectivity index (χ0n) is 12.1. The third kappa shape index (κ3) is 3.94. The average molecular weight is 314 g/mol. The predicted molar refractivity (Wildman–Crippen MR) is 79.2 cm³/mol. The van der Waals surface area contributed by atoms with Gasteiger partial charge in [0, 0.05) is 18.4 Å². The minimum Gasteiger partial charge on any atom is -0.441 e. The number of amides is 1. The molecule has 3 aromatic rings. The topological polar surface area (TPSA) is 114 Å². The molecule has 0 fully saturated rings. The van der Waals surface area contributed by atoms with Crippen LogP contribution in [-0.2, 0) is 17.8 Å². The Balaban J connectivity index is 1.49. The van der Waals surface area contributed by atoms with Gasteiger partial charge in [0.15, 0.2) is 17.5 Å². The average Bonchev–Trinajstić information content (AvgIpc) is 3.21. The molecule has 2 N–H and O–H groups in total. The number of nitrogens with one attached hydrogen (secondary N) is 2. The maximum absolute atomic E-state index is 11.7. The molecule has 0 bridgehead atoms. The van der Waals surface area contributed by atoms with Crippen LogP contribution >= 0.6 is 0 Å². The van der Waals surface area contributed by atoms with Crippen molar-refractivity contribution >= 4 is 5.91 Å². The van der Waals surface area contributed by atoms with Gasteiger partial charge in [-0.05, 0) is 0 Å². The Morgan fingerprint density at radius 1 is 1.26 bits per heavy atom. The van der Waals surface area contributed by atoms with Gasteiger partial charge < -0.3 is 9.73 Å². The summed E-state index contributed by atoms with van der Waals surface area (Å²) in [6.45, 7) is 0.103. The summed E-state index contributed by atoms with van der Waals surface area (Å²) in [6, 6.07) is 9.61. The minimum absolute atomic E-state index is 0.103. The van der Waals surface area contributed by atoms with Crippen LogP contribution in [-0.4, -0.2) is 21.0 Å². The molecule has 8 heteroatoms. The highest BCUT2D eigenvalue weighted by molar-refractivity contribution is 5.75. The van der Waals surface area contributed by atoms with Crippen molar-refractivity contribution in [3.63, 3.8) is 0 Å². The largest absolute Gasteiger partial charge is 0.441 e. The maximum atomic E-state index is 11.7. The summed E-state index contributed by atoms with van der Waals surface area (Å²) in [6.07, 6.45) is 2.24. The fourth-order valence-electron chi connectivity index (χ4n) is 1.99. The lowest BCUT2D eigenvalue weighted by Gasteiger charge is -2.00. The quantitative estimate of drug-likeness (QED) is 0.708. The first kappa shape index (κ1) is 14.8. The molecule has 1 aromatic carbocycles. The third-order valence-corrected chi connectivity index (χ3v) is 3.12. The van der Waals surface area contributed by atoms with Crippen molar-refractivity contribution in [1.29, 1.82) is 0 Å². The van der Waals surface area contributed by atoms with E-state index in [-0.39, 0.29) is 24.7 Å². The van der Waals surface area contributed by atoms with Crippen molar-refractivity contribution in [2.45, 2.75) is 19.4 Å². The highest BCUT2D eigenvalue weighted by Gasteiger charge is 2.09. The number of rotatable bonds is 6. The van der Waals surface area contributed by atoms with E-state index in [9.17, 15) is 9.59 Å². The summed E-state index contributed by atoms with van der Waals surface area (Å²) in [7, 11) is 0. The van der Waals surface area contributed by atoms with E-state index >= 15 is 0 Å². The zero-order valence-corrected chi connectivity index (χ0v) is 12.1. The Kier molecular flexibility index (Phi) is 4.32. The first-order valence-corrected chi connectivity index (χ1v) is 7.02. The van der Waals surface area contributed by atoms with E-state index in [4.69, 9.17) is 4.42 Å². The summed E-state index contributed by atoms with van der Waals surface area (Å²) >= 11 is 0. The molecule has 0 spiro atoms. The van der Waals surface area contributed by atoms with Gasteiger partial charge in [-0.15, -0.1) is 0 Å². The number of H-pyrrole nitrogens is 1. The molecule has 0 unspecified atom stereocenters. The number of aromatic nitrogens is 3. The minimum atomic E-state index is -0.650. The molecule has 0 aliphatic heterocycles. The van der Waals surface area contributed by atoms with E-state index in [0.717, 1.165) is 5.56 Å². The molecule has 1 amide bonds. The second kappa shape index (κ2) is 6.73. The van der Waals surface area contributed by atoms with Gasteiger partial charge in [0.05, 0.1) is 12.7 Å². The molecular weight excluding hydrogens is 300 g/mol. The van der Waals surface area contributed by atoms with Gasteiger partial charge in [0.25, 0.3) is 0 Å². The van der Waals surface area contributed by atoms with Crippen LogP contribution in [0.2, 0.25) is 0 Å². The standard InChI is InChI=1S/C15H14N4O4/c20-13(16-9-12-18-15(21)23-19-12)6-7-14-17-8-11(22-14)10-4-2-1-3-5-10/h1-5,8H,6-7,9H2,(H,16,20)(H,18,19,21). The molecule has 0 aliphatic carbocycles. The summed E-state index contributed by atoms with van der Waals surface area (Å²) in [5.41, 5.74) is 0.936. The number of hydrogen-bond acceptors (Lipinski definition) is 6. The number of oxazole rings is 1. The van der Waals surface area contributed by atoms with Gasteiger partial charge in [0.1, 0.15) is 0 Å². The fraction of sp³-hybridized carbons (Fsp3) is 0.200. The van der Waals surface area contributed by atoms with Gasteiger partial charge in [-0.1, -0.05) is 35.5 Å². The van der Waals surface area contributed by atoms with Crippen molar-refractivity contribution in [3.8, 4) is 11.3 Å². The van der Waals surface area contributed by atoms with Crippen molar-refractivity contribution < 1.29 is 13.7 Å². The molecule has 0 saturated carbocycles. The summed E-state index contributed by atoms with van der Waals surface area (Å²) in [5.74, 6) is 0.580. The molecule has 0 saturated heterocycles. The summed E-state index contributed by atoms with van der Waals surface area (Å²) in [4.78, 5) is 29.0. The van der Waals surface area contributed by atoms with Crippen LogP contribution in [0, 0.1) is 0 Å². The lowest BCUT2D eigenvalue weighted by molar-refractivity contribution is -0.121. The van der Waals surface area contributed by atoms with E-state index in [0.29, 0.717) is 18.1 Å². The van der Waals surface area contributed by atoms with E-state index in [1.165, 1.54) is 0 Å². The number of nitrogens with zero attached hydrogens (tertiary/aromatic N) is 2. The summed E-state index contributed by atoms with van der Waals surface area (Å²) in [5, 5.41) is 6.07. The molecule has 8 nitrogen and oxygen atoms in total. The number of aromatic amines is 1. The highest BCUT2D eigenvalue weighted by Crippen LogP contribution is 2.20. The van der Waals surface area contributed by atoms with Crippen molar-refractivity contribution in [3.05, 3.63) is 58.8 Å². The predicted octanol–water partition coefficient (Wildman–Crippen LogP) is 1.27. The molecule has 3 rings (SSSR count).